The first-order chi connectivity index (χ1) is 13.6. The van der Waals surface area contributed by atoms with Crippen molar-refractivity contribution < 1.29 is 9.21 Å². The summed E-state index contributed by atoms with van der Waals surface area (Å²) in [7, 11) is 0. The number of hydrogen-bond acceptors (Lipinski definition) is 4. The number of aromatic nitrogens is 2. The molecule has 2 aromatic heterocycles. The van der Waals surface area contributed by atoms with Crippen LogP contribution in [0.25, 0.3) is 10.9 Å². The van der Waals surface area contributed by atoms with Crippen molar-refractivity contribution >= 4 is 32.7 Å². The minimum atomic E-state index is -0.439. The number of carbonyl (C=O) groups excluding carboxylic acids is 1. The van der Waals surface area contributed by atoms with E-state index in [9.17, 15) is 4.79 Å². The van der Waals surface area contributed by atoms with Crippen LogP contribution in [0.1, 0.15) is 33.5 Å². The van der Waals surface area contributed by atoms with Crippen molar-refractivity contribution in [1.29, 1.82) is 0 Å². The summed E-state index contributed by atoms with van der Waals surface area (Å²) >= 11 is 3.42. The standard InChI is InChI=1S/C21H19BrN4O2/c22-15-5-3-4-13(8-15)10-25-20(27)19-12-28-21(26-19)17(23)9-14-11-24-18-7-2-1-6-16(14)18/h1-8,11-12,17,24H,9-10,23H2,(H,25,27). The van der Waals surface area contributed by atoms with Crippen LogP contribution in [0.3, 0.4) is 0 Å². The molecule has 0 aliphatic rings. The van der Waals surface area contributed by atoms with Crippen molar-refractivity contribution in [3.8, 4) is 0 Å². The highest BCUT2D eigenvalue weighted by Crippen LogP contribution is 2.23. The summed E-state index contributed by atoms with van der Waals surface area (Å²) in [6.07, 6.45) is 3.85. The van der Waals surface area contributed by atoms with E-state index in [-0.39, 0.29) is 11.6 Å². The molecule has 2 heterocycles. The summed E-state index contributed by atoms with van der Waals surface area (Å²) < 4.78 is 6.43. The van der Waals surface area contributed by atoms with Gasteiger partial charge < -0.3 is 20.5 Å². The fourth-order valence-electron chi connectivity index (χ4n) is 3.11. The van der Waals surface area contributed by atoms with Crippen molar-refractivity contribution in [3.63, 3.8) is 0 Å². The molecule has 2 aromatic carbocycles. The maximum Gasteiger partial charge on any atom is 0.273 e. The van der Waals surface area contributed by atoms with Crippen LogP contribution >= 0.6 is 15.9 Å². The minimum Gasteiger partial charge on any atom is -0.446 e. The number of fused-ring (bicyclic) bond motifs is 1. The van der Waals surface area contributed by atoms with Gasteiger partial charge >= 0.3 is 0 Å². The molecule has 4 N–H and O–H groups in total. The van der Waals surface area contributed by atoms with Crippen LogP contribution in [0.4, 0.5) is 0 Å². The molecular formula is C21H19BrN4O2. The molecule has 0 saturated heterocycles. The maximum atomic E-state index is 12.3. The molecule has 0 saturated carbocycles. The largest absolute Gasteiger partial charge is 0.446 e. The SMILES string of the molecule is NC(Cc1c[nH]c2ccccc12)c1nc(C(=O)NCc2cccc(Br)c2)co1. The van der Waals surface area contributed by atoms with Crippen molar-refractivity contribution in [2.45, 2.75) is 19.0 Å². The highest BCUT2D eigenvalue weighted by molar-refractivity contribution is 9.10. The average molecular weight is 439 g/mol. The summed E-state index contributed by atoms with van der Waals surface area (Å²) in [5, 5.41) is 3.96. The number of carbonyl (C=O) groups is 1. The Balaban J connectivity index is 1.41. The summed E-state index contributed by atoms with van der Waals surface area (Å²) in [6.45, 7) is 0.405. The highest BCUT2D eigenvalue weighted by Gasteiger charge is 2.18. The number of nitrogens with zero attached hydrogens (tertiary/aromatic N) is 1. The Bertz CT molecular complexity index is 1120. The third-order valence-electron chi connectivity index (χ3n) is 4.53. The molecule has 0 fully saturated rings. The van der Waals surface area contributed by atoms with Gasteiger partial charge in [-0.15, -0.1) is 0 Å². The van der Waals surface area contributed by atoms with Crippen LogP contribution in [0.5, 0.6) is 0 Å². The van der Waals surface area contributed by atoms with Crippen molar-refractivity contribution in [2.24, 2.45) is 5.73 Å². The van der Waals surface area contributed by atoms with E-state index in [0.717, 1.165) is 26.5 Å². The maximum absolute atomic E-state index is 12.3. The zero-order valence-corrected chi connectivity index (χ0v) is 16.6. The molecule has 142 valence electrons. The van der Waals surface area contributed by atoms with Gasteiger partial charge in [0.1, 0.15) is 6.26 Å². The van der Waals surface area contributed by atoms with E-state index in [0.29, 0.717) is 18.9 Å². The second kappa shape index (κ2) is 8.00. The van der Waals surface area contributed by atoms with Crippen LogP contribution in [-0.2, 0) is 13.0 Å². The zero-order chi connectivity index (χ0) is 19.5. The van der Waals surface area contributed by atoms with E-state index in [1.54, 1.807) is 0 Å². The monoisotopic (exact) mass is 438 g/mol. The first-order valence-corrected chi connectivity index (χ1v) is 9.68. The lowest BCUT2D eigenvalue weighted by atomic mass is 10.1. The molecule has 4 aromatic rings. The third-order valence-corrected chi connectivity index (χ3v) is 5.02. The Morgan fingerprint density at radius 1 is 1.25 bits per heavy atom. The van der Waals surface area contributed by atoms with Gasteiger partial charge in [0.05, 0.1) is 6.04 Å². The van der Waals surface area contributed by atoms with Gasteiger partial charge in [0, 0.05) is 28.1 Å². The molecule has 0 bridgehead atoms. The Hall–Kier alpha value is -2.90. The van der Waals surface area contributed by atoms with E-state index in [1.807, 2.05) is 54.7 Å². The first kappa shape index (κ1) is 18.5. The Labute approximate surface area is 170 Å². The van der Waals surface area contributed by atoms with Crippen molar-refractivity contribution in [2.75, 3.05) is 0 Å². The number of H-pyrrole nitrogens is 1. The van der Waals surface area contributed by atoms with Gasteiger partial charge in [-0.3, -0.25) is 4.79 Å². The van der Waals surface area contributed by atoms with Crippen LogP contribution in [-0.4, -0.2) is 15.9 Å². The number of para-hydroxylation sites is 1. The molecule has 1 atom stereocenters. The Kier molecular flexibility index (Phi) is 5.27. The van der Waals surface area contributed by atoms with Crippen molar-refractivity contribution in [3.05, 3.63) is 88.2 Å². The van der Waals surface area contributed by atoms with Gasteiger partial charge in [-0.1, -0.05) is 46.3 Å². The van der Waals surface area contributed by atoms with Gasteiger partial charge in [-0.2, -0.15) is 0 Å². The Morgan fingerprint density at radius 2 is 2.11 bits per heavy atom. The van der Waals surface area contributed by atoms with Gasteiger partial charge in [-0.05, 0) is 35.7 Å². The van der Waals surface area contributed by atoms with Gasteiger partial charge in [0.2, 0.25) is 5.89 Å². The van der Waals surface area contributed by atoms with Gasteiger partial charge in [0.15, 0.2) is 5.69 Å². The third kappa shape index (κ3) is 4.00. The number of oxazole rings is 1. The number of halogens is 1. The fourth-order valence-corrected chi connectivity index (χ4v) is 3.55. The molecule has 28 heavy (non-hydrogen) atoms. The Morgan fingerprint density at radius 3 is 2.96 bits per heavy atom. The van der Waals surface area contributed by atoms with Crippen LogP contribution < -0.4 is 11.1 Å². The number of nitrogens with one attached hydrogen (secondary N) is 2. The van der Waals surface area contributed by atoms with Crippen molar-refractivity contribution in [1.82, 2.24) is 15.3 Å². The molecular weight excluding hydrogens is 420 g/mol. The lowest BCUT2D eigenvalue weighted by Gasteiger charge is -2.06. The minimum absolute atomic E-state index is 0.222. The molecule has 0 radical (unpaired) electrons. The predicted octanol–water partition coefficient (Wildman–Crippen LogP) is 4.09. The van der Waals surface area contributed by atoms with E-state index in [4.69, 9.17) is 10.2 Å². The van der Waals surface area contributed by atoms with E-state index >= 15 is 0 Å². The topological polar surface area (TPSA) is 96.9 Å². The number of aromatic amines is 1. The number of hydrogen-bond donors (Lipinski definition) is 3. The molecule has 1 amide bonds. The highest BCUT2D eigenvalue weighted by atomic mass is 79.9. The number of nitrogens with two attached hydrogens (primary N) is 1. The summed E-state index contributed by atoms with van der Waals surface area (Å²) in [6, 6.07) is 15.3. The molecule has 0 aliphatic carbocycles. The van der Waals surface area contributed by atoms with E-state index in [2.05, 4.69) is 31.2 Å². The van der Waals surface area contributed by atoms with Gasteiger partial charge in [0.25, 0.3) is 5.91 Å². The second-order valence-electron chi connectivity index (χ2n) is 6.55. The van der Waals surface area contributed by atoms with E-state index < -0.39 is 6.04 Å². The molecule has 4 rings (SSSR count). The fraction of sp³-hybridized carbons (Fsp3) is 0.143. The van der Waals surface area contributed by atoms with Crippen LogP contribution in [0.15, 0.2) is 69.9 Å². The lowest BCUT2D eigenvalue weighted by molar-refractivity contribution is 0.0946. The summed E-state index contributed by atoms with van der Waals surface area (Å²) in [5.74, 6) is 0.0483. The number of amides is 1. The van der Waals surface area contributed by atoms with Gasteiger partial charge in [-0.25, -0.2) is 4.98 Å². The van der Waals surface area contributed by atoms with Crippen LogP contribution in [0, 0.1) is 0 Å². The predicted molar refractivity (Wildman–Crippen MR) is 111 cm³/mol. The van der Waals surface area contributed by atoms with E-state index in [1.165, 1.54) is 6.26 Å². The number of rotatable bonds is 6. The molecule has 0 aliphatic heterocycles. The second-order valence-corrected chi connectivity index (χ2v) is 7.47. The molecule has 0 spiro atoms. The molecule has 1 unspecified atom stereocenters. The smallest absolute Gasteiger partial charge is 0.273 e. The molecule has 7 heteroatoms. The zero-order valence-electron chi connectivity index (χ0n) is 15.0. The first-order valence-electron chi connectivity index (χ1n) is 8.89. The average Bonchev–Trinajstić information content (AvgIpc) is 3.34. The normalized spacial score (nSPS) is 12.2. The quantitative estimate of drug-likeness (QED) is 0.422. The summed E-state index contributed by atoms with van der Waals surface area (Å²) in [5.41, 5.74) is 9.62. The van der Waals surface area contributed by atoms with Crippen LogP contribution in [0.2, 0.25) is 0 Å². The lowest BCUT2D eigenvalue weighted by Crippen LogP contribution is -2.23. The molecule has 6 nitrogen and oxygen atoms in total. The number of benzene rings is 2. The summed E-state index contributed by atoms with van der Waals surface area (Å²) in [4.78, 5) is 19.8.